The van der Waals surface area contributed by atoms with E-state index in [1.54, 1.807) is 19.1 Å². The third kappa shape index (κ3) is 3.42. The Balaban J connectivity index is 2.41. The molecule has 0 aliphatic heterocycles. The number of non-ortho nitro benzene ring substituents is 1. The molecule has 0 heterocycles. The van der Waals surface area contributed by atoms with Crippen molar-refractivity contribution in [3.8, 4) is 5.75 Å². The lowest BCUT2D eigenvalue weighted by atomic mass is 10.1. The number of nitro groups is 1. The van der Waals surface area contributed by atoms with E-state index in [1.807, 2.05) is 6.92 Å². The van der Waals surface area contributed by atoms with Crippen molar-refractivity contribution in [3.63, 3.8) is 0 Å². The number of benzene rings is 2. The molecule has 23 heavy (non-hydrogen) atoms. The van der Waals surface area contributed by atoms with Crippen LogP contribution in [-0.2, 0) is 10.0 Å². The van der Waals surface area contributed by atoms with E-state index >= 15 is 0 Å². The highest BCUT2D eigenvalue weighted by Gasteiger charge is 2.19. The number of anilines is 1. The zero-order chi connectivity index (χ0) is 17.2. The molecular formula is C15H16N2O5S. The minimum atomic E-state index is -3.92. The molecule has 0 saturated heterocycles. The first kappa shape index (κ1) is 16.8. The first-order chi connectivity index (χ1) is 10.8. The molecule has 0 amide bonds. The van der Waals surface area contributed by atoms with E-state index in [4.69, 9.17) is 4.74 Å². The lowest BCUT2D eigenvalue weighted by Gasteiger charge is -2.14. The van der Waals surface area contributed by atoms with Crippen molar-refractivity contribution < 1.29 is 18.1 Å². The summed E-state index contributed by atoms with van der Waals surface area (Å²) >= 11 is 0. The highest BCUT2D eigenvalue weighted by Crippen LogP contribution is 2.29. The van der Waals surface area contributed by atoms with Crippen LogP contribution in [0.25, 0.3) is 0 Å². The van der Waals surface area contributed by atoms with E-state index in [1.165, 1.54) is 25.3 Å². The molecule has 0 aromatic heterocycles. The number of nitrogens with zero attached hydrogens (tertiary/aromatic N) is 1. The highest BCUT2D eigenvalue weighted by molar-refractivity contribution is 7.92. The van der Waals surface area contributed by atoms with Crippen LogP contribution in [0, 0.1) is 24.0 Å². The van der Waals surface area contributed by atoms with Crippen molar-refractivity contribution in [2.45, 2.75) is 18.7 Å². The van der Waals surface area contributed by atoms with Gasteiger partial charge in [0.1, 0.15) is 5.75 Å². The van der Waals surface area contributed by atoms with Gasteiger partial charge < -0.3 is 4.74 Å². The van der Waals surface area contributed by atoms with Gasteiger partial charge >= 0.3 is 0 Å². The van der Waals surface area contributed by atoms with Crippen LogP contribution in [0.3, 0.4) is 0 Å². The van der Waals surface area contributed by atoms with Gasteiger partial charge in [0.05, 0.1) is 22.6 Å². The van der Waals surface area contributed by atoms with Crippen molar-refractivity contribution >= 4 is 21.4 Å². The quantitative estimate of drug-likeness (QED) is 0.668. The lowest BCUT2D eigenvalue weighted by molar-refractivity contribution is -0.385. The predicted octanol–water partition coefficient (Wildman–Crippen LogP) is 3.02. The molecule has 0 atom stereocenters. The van der Waals surface area contributed by atoms with E-state index in [0.717, 1.165) is 17.2 Å². The molecule has 122 valence electrons. The zero-order valence-electron chi connectivity index (χ0n) is 12.9. The van der Waals surface area contributed by atoms with Crippen LogP contribution in [0.2, 0.25) is 0 Å². The van der Waals surface area contributed by atoms with Crippen LogP contribution >= 0.6 is 0 Å². The van der Waals surface area contributed by atoms with Gasteiger partial charge in [-0.25, -0.2) is 8.42 Å². The van der Waals surface area contributed by atoms with Crippen molar-refractivity contribution in [3.05, 3.63) is 57.6 Å². The summed E-state index contributed by atoms with van der Waals surface area (Å²) in [6.07, 6.45) is 0. The molecule has 0 fully saturated rings. The third-order valence-corrected chi connectivity index (χ3v) is 4.90. The molecule has 0 spiro atoms. The number of rotatable bonds is 5. The molecule has 0 radical (unpaired) electrons. The molecule has 7 nitrogen and oxygen atoms in total. The molecule has 1 N–H and O–H groups in total. The van der Waals surface area contributed by atoms with E-state index < -0.39 is 14.9 Å². The summed E-state index contributed by atoms with van der Waals surface area (Å²) in [5, 5.41) is 10.8. The second-order valence-electron chi connectivity index (χ2n) is 4.93. The molecular weight excluding hydrogens is 320 g/mol. The number of hydrogen-bond donors (Lipinski definition) is 1. The van der Waals surface area contributed by atoms with Crippen LogP contribution in [-0.4, -0.2) is 20.5 Å². The fourth-order valence-corrected chi connectivity index (χ4v) is 3.26. The van der Waals surface area contributed by atoms with Crippen LogP contribution in [0.5, 0.6) is 5.75 Å². The van der Waals surface area contributed by atoms with Gasteiger partial charge in [-0.15, -0.1) is 0 Å². The van der Waals surface area contributed by atoms with Gasteiger partial charge in [0.25, 0.3) is 15.7 Å². The van der Waals surface area contributed by atoms with Crippen molar-refractivity contribution in [2.75, 3.05) is 11.8 Å². The van der Waals surface area contributed by atoms with Gasteiger partial charge in [-0.2, -0.15) is 0 Å². The Morgan fingerprint density at radius 1 is 1.13 bits per heavy atom. The maximum Gasteiger partial charge on any atom is 0.270 e. The Bertz CT molecular complexity index is 862. The summed E-state index contributed by atoms with van der Waals surface area (Å²) in [5.74, 6) is 0.654. The van der Waals surface area contributed by atoms with E-state index in [0.29, 0.717) is 11.4 Å². The molecule has 8 heteroatoms. The third-order valence-electron chi connectivity index (χ3n) is 3.54. The summed E-state index contributed by atoms with van der Waals surface area (Å²) in [7, 11) is -2.39. The average molecular weight is 336 g/mol. The van der Waals surface area contributed by atoms with Crippen LogP contribution < -0.4 is 9.46 Å². The maximum absolute atomic E-state index is 12.4. The molecule has 0 bridgehead atoms. The summed E-state index contributed by atoms with van der Waals surface area (Å²) in [6.45, 7) is 3.59. The van der Waals surface area contributed by atoms with Crippen LogP contribution in [0.4, 0.5) is 11.4 Å². The number of sulfonamides is 1. The second-order valence-corrected chi connectivity index (χ2v) is 6.61. The molecule has 2 aromatic rings. The Kier molecular flexibility index (Phi) is 4.55. The average Bonchev–Trinajstić information content (AvgIpc) is 2.52. The van der Waals surface area contributed by atoms with Crippen molar-refractivity contribution in [1.82, 2.24) is 0 Å². The Labute approximate surface area is 134 Å². The number of ether oxygens (including phenoxy) is 1. The molecule has 0 aliphatic rings. The first-order valence-corrected chi connectivity index (χ1v) is 8.16. The number of nitro benzene ring substituents is 1. The first-order valence-electron chi connectivity index (χ1n) is 6.67. The van der Waals surface area contributed by atoms with Gasteiger partial charge in [-0.05, 0) is 43.2 Å². The SMILES string of the molecule is COc1ccc(NS(=O)(=O)c2cccc([N+](=O)[O-])c2)c(C)c1C. The van der Waals surface area contributed by atoms with E-state index in [2.05, 4.69) is 4.72 Å². The number of nitrogens with one attached hydrogen (secondary N) is 1. The van der Waals surface area contributed by atoms with Gasteiger partial charge in [0.15, 0.2) is 0 Å². The fourth-order valence-electron chi connectivity index (χ4n) is 2.10. The molecule has 0 aliphatic carbocycles. The van der Waals surface area contributed by atoms with Crippen LogP contribution in [0.15, 0.2) is 41.3 Å². The zero-order valence-corrected chi connectivity index (χ0v) is 13.7. The normalized spacial score (nSPS) is 11.1. The molecule has 2 aromatic carbocycles. The molecule has 0 saturated carbocycles. The maximum atomic E-state index is 12.4. The summed E-state index contributed by atoms with van der Waals surface area (Å²) in [6, 6.07) is 8.15. The van der Waals surface area contributed by atoms with Gasteiger partial charge in [0, 0.05) is 12.1 Å². The van der Waals surface area contributed by atoms with Crippen molar-refractivity contribution in [2.24, 2.45) is 0 Å². The second kappa shape index (κ2) is 6.25. The number of hydrogen-bond acceptors (Lipinski definition) is 5. The van der Waals surface area contributed by atoms with Gasteiger partial charge in [-0.3, -0.25) is 14.8 Å². The Hall–Kier alpha value is -2.61. The fraction of sp³-hybridized carbons (Fsp3) is 0.200. The summed E-state index contributed by atoms with van der Waals surface area (Å²) in [5.41, 5.74) is 1.65. The highest BCUT2D eigenvalue weighted by atomic mass is 32.2. The lowest BCUT2D eigenvalue weighted by Crippen LogP contribution is -2.14. The van der Waals surface area contributed by atoms with Crippen LogP contribution in [0.1, 0.15) is 11.1 Å². The molecule has 0 unspecified atom stereocenters. The topological polar surface area (TPSA) is 98.5 Å². The smallest absolute Gasteiger partial charge is 0.270 e. The largest absolute Gasteiger partial charge is 0.496 e. The van der Waals surface area contributed by atoms with E-state index in [9.17, 15) is 18.5 Å². The van der Waals surface area contributed by atoms with E-state index in [-0.39, 0.29) is 10.6 Å². The number of methoxy groups -OCH3 is 1. The summed E-state index contributed by atoms with van der Waals surface area (Å²) < 4.78 is 32.5. The van der Waals surface area contributed by atoms with Gasteiger partial charge in [0.2, 0.25) is 0 Å². The van der Waals surface area contributed by atoms with Crippen molar-refractivity contribution in [1.29, 1.82) is 0 Å². The van der Waals surface area contributed by atoms with Gasteiger partial charge in [-0.1, -0.05) is 6.07 Å². The summed E-state index contributed by atoms with van der Waals surface area (Å²) in [4.78, 5) is 9.98. The Morgan fingerprint density at radius 2 is 1.83 bits per heavy atom. The monoisotopic (exact) mass is 336 g/mol. The minimum Gasteiger partial charge on any atom is -0.496 e. The Morgan fingerprint density at radius 3 is 2.43 bits per heavy atom. The standard InChI is InChI=1S/C15H16N2O5S/c1-10-11(2)15(22-3)8-7-14(10)16-23(20,21)13-6-4-5-12(9-13)17(18)19/h4-9,16H,1-3H3. The minimum absolute atomic E-state index is 0.167. The molecule has 2 rings (SSSR count). The predicted molar refractivity (Wildman–Crippen MR) is 86.4 cm³/mol.